The summed E-state index contributed by atoms with van der Waals surface area (Å²) < 4.78 is 9.97. The highest BCUT2D eigenvalue weighted by atomic mass is 16.6. The first kappa shape index (κ1) is 28.7. The molecule has 0 heterocycles. The zero-order valence-corrected chi connectivity index (χ0v) is 20.2. The number of rotatable bonds is 15. The molecule has 0 bridgehead atoms. The van der Waals surface area contributed by atoms with Crippen molar-refractivity contribution in [3.05, 3.63) is 48.6 Å². The molecule has 0 aromatic rings. The molecule has 0 spiro atoms. The number of ether oxygens (including phenoxy) is 2. The molecule has 1 N–H and O–H groups in total. The molecule has 0 saturated carbocycles. The number of carbonyl (C=O) groups is 2. The highest BCUT2D eigenvalue weighted by molar-refractivity contribution is 5.81. The van der Waals surface area contributed by atoms with Crippen molar-refractivity contribution in [2.24, 2.45) is 0 Å². The summed E-state index contributed by atoms with van der Waals surface area (Å²) in [6, 6.07) is -0.717. The van der Waals surface area contributed by atoms with Crippen LogP contribution < -0.4 is 5.32 Å². The second-order valence-electron chi connectivity index (χ2n) is 8.39. The second kappa shape index (κ2) is 18.5. The van der Waals surface area contributed by atoms with Crippen LogP contribution in [0, 0.1) is 0 Å². The maximum Gasteiger partial charge on any atom is 0.408 e. The lowest BCUT2D eigenvalue weighted by molar-refractivity contribution is -0.143. The average Bonchev–Trinajstić information content (AvgIpc) is 2.70. The Kier molecular flexibility index (Phi) is 17.1. The van der Waals surface area contributed by atoms with Crippen molar-refractivity contribution in [3.63, 3.8) is 0 Å². The summed E-state index contributed by atoms with van der Waals surface area (Å²) >= 11 is 0. The van der Waals surface area contributed by atoms with Gasteiger partial charge < -0.3 is 14.8 Å². The van der Waals surface area contributed by atoms with Gasteiger partial charge in [0.05, 0.1) is 7.11 Å². The van der Waals surface area contributed by atoms with Crippen LogP contribution in [0.1, 0.15) is 85.5 Å². The lowest BCUT2D eigenvalue weighted by atomic mass is 10.1. The number of nitrogens with one attached hydrogen (secondary N) is 1. The minimum absolute atomic E-state index is 0.459. The molecular weight excluding hydrogens is 390 g/mol. The normalized spacial score (nSPS) is 13.5. The van der Waals surface area contributed by atoms with Crippen molar-refractivity contribution in [1.82, 2.24) is 5.32 Å². The van der Waals surface area contributed by atoms with Gasteiger partial charge in [-0.25, -0.2) is 9.59 Å². The van der Waals surface area contributed by atoms with Crippen molar-refractivity contribution < 1.29 is 19.1 Å². The molecule has 1 amide bonds. The molecule has 176 valence electrons. The van der Waals surface area contributed by atoms with Crippen LogP contribution in [0.5, 0.6) is 0 Å². The van der Waals surface area contributed by atoms with E-state index in [1.165, 1.54) is 32.8 Å². The fourth-order valence-corrected chi connectivity index (χ4v) is 2.66. The Balaban J connectivity index is 4.04. The molecule has 0 rings (SSSR count). The maximum absolute atomic E-state index is 11.9. The quantitative estimate of drug-likeness (QED) is 0.175. The van der Waals surface area contributed by atoms with Crippen LogP contribution in [0.2, 0.25) is 0 Å². The van der Waals surface area contributed by atoms with E-state index in [-0.39, 0.29) is 0 Å². The molecule has 0 radical (unpaired) electrons. The number of carbonyl (C=O) groups excluding carboxylic acids is 2. The largest absolute Gasteiger partial charge is 0.467 e. The molecule has 0 aromatic heterocycles. The van der Waals surface area contributed by atoms with Gasteiger partial charge in [-0.3, -0.25) is 0 Å². The minimum atomic E-state index is -0.717. The number of methoxy groups -OCH3 is 1. The van der Waals surface area contributed by atoms with Gasteiger partial charge in [0, 0.05) is 0 Å². The summed E-state index contributed by atoms with van der Waals surface area (Å²) in [5.74, 6) is -0.471. The second-order valence-corrected chi connectivity index (χ2v) is 8.39. The van der Waals surface area contributed by atoms with E-state index in [1.54, 1.807) is 20.8 Å². The first-order chi connectivity index (χ1) is 14.8. The molecule has 0 aromatic carbocycles. The zero-order chi connectivity index (χ0) is 23.4. The number of amides is 1. The standard InChI is InChI=1S/C26H43NO4/c1-6-7-8-9-10-11-12-13-14-15-16-17-18-19-20-21-22-23(24(28)30-5)27-25(29)31-26(2,3)4/h10-11,13-14,16-17,19-20,23H,6-9,12,15,18,21-22H2,1-5H3,(H,27,29)/b11-10-,14-13-,17-16-,20-19-/t23-/m0/s1. The van der Waals surface area contributed by atoms with Crippen molar-refractivity contribution in [3.8, 4) is 0 Å². The number of hydrogen-bond acceptors (Lipinski definition) is 4. The first-order valence-corrected chi connectivity index (χ1v) is 11.5. The van der Waals surface area contributed by atoms with E-state index in [0.29, 0.717) is 12.8 Å². The molecule has 1 atom stereocenters. The van der Waals surface area contributed by atoms with Crippen molar-refractivity contribution in [1.29, 1.82) is 0 Å². The van der Waals surface area contributed by atoms with Crippen LogP contribution in [0.15, 0.2) is 48.6 Å². The molecular formula is C26H43NO4. The van der Waals surface area contributed by atoms with Gasteiger partial charge in [-0.1, -0.05) is 68.4 Å². The fourth-order valence-electron chi connectivity index (χ4n) is 2.66. The topological polar surface area (TPSA) is 64.6 Å². The van der Waals surface area contributed by atoms with Crippen LogP contribution in [-0.2, 0) is 14.3 Å². The molecule has 0 aliphatic carbocycles. The third-order valence-electron chi connectivity index (χ3n) is 4.26. The molecule has 31 heavy (non-hydrogen) atoms. The van der Waals surface area contributed by atoms with Gasteiger partial charge >= 0.3 is 12.1 Å². The van der Waals surface area contributed by atoms with Gasteiger partial charge in [0.25, 0.3) is 0 Å². The van der Waals surface area contributed by atoms with Crippen LogP contribution in [0.3, 0.4) is 0 Å². The van der Waals surface area contributed by atoms with Crippen molar-refractivity contribution in [2.45, 2.75) is 97.1 Å². The molecule has 0 saturated heterocycles. The number of unbranched alkanes of at least 4 members (excludes halogenated alkanes) is 3. The molecule has 0 unspecified atom stereocenters. The van der Waals surface area contributed by atoms with Crippen LogP contribution >= 0.6 is 0 Å². The predicted octanol–water partition coefficient (Wildman–Crippen LogP) is 6.81. The SMILES string of the molecule is CCCCC/C=C\C/C=C\C/C=C\C/C=C\CC[C@H](NC(=O)OC(C)(C)C)C(=O)OC. The molecule has 0 fully saturated rings. The van der Waals surface area contributed by atoms with Crippen molar-refractivity contribution >= 4 is 12.1 Å². The summed E-state index contributed by atoms with van der Waals surface area (Å²) in [6.07, 6.45) is 25.6. The number of alkyl carbamates (subject to hydrolysis) is 1. The van der Waals surface area contributed by atoms with E-state index in [1.807, 2.05) is 6.08 Å². The van der Waals surface area contributed by atoms with E-state index in [9.17, 15) is 9.59 Å². The molecule has 0 aliphatic rings. The molecule has 5 heteroatoms. The van der Waals surface area contributed by atoms with E-state index >= 15 is 0 Å². The first-order valence-electron chi connectivity index (χ1n) is 11.5. The van der Waals surface area contributed by atoms with Gasteiger partial charge in [0.1, 0.15) is 11.6 Å². The average molecular weight is 434 g/mol. The van der Waals surface area contributed by atoms with E-state index in [4.69, 9.17) is 9.47 Å². The minimum Gasteiger partial charge on any atom is -0.467 e. The van der Waals surface area contributed by atoms with Gasteiger partial charge in [0.15, 0.2) is 0 Å². The highest BCUT2D eigenvalue weighted by Gasteiger charge is 2.24. The monoisotopic (exact) mass is 433 g/mol. The summed E-state index contributed by atoms with van der Waals surface area (Å²) in [4.78, 5) is 23.7. The Morgan fingerprint density at radius 1 is 0.839 bits per heavy atom. The third-order valence-corrected chi connectivity index (χ3v) is 4.26. The summed E-state index contributed by atoms with van der Waals surface area (Å²) in [5, 5.41) is 2.58. The molecule has 5 nitrogen and oxygen atoms in total. The van der Waals surface area contributed by atoms with Crippen molar-refractivity contribution in [2.75, 3.05) is 7.11 Å². The predicted molar refractivity (Wildman–Crippen MR) is 129 cm³/mol. The summed E-state index contributed by atoms with van der Waals surface area (Å²) in [6.45, 7) is 7.55. The highest BCUT2D eigenvalue weighted by Crippen LogP contribution is 2.09. The summed E-state index contributed by atoms with van der Waals surface area (Å²) in [5.41, 5.74) is -0.614. The Morgan fingerprint density at radius 2 is 1.35 bits per heavy atom. The van der Waals surface area contributed by atoms with Gasteiger partial charge in [-0.15, -0.1) is 0 Å². The van der Waals surface area contributed by atoms with Gasteiger partial charge in [0.2, 0.25) is 0 Å². The third kappa shape index (κ3) is 19.4. The van der Waals surface area contributed by atoms with Crippen LogP contribution in [-0.4, -0.2) is 30.8 Å². The van der Waals surface area contributed by atoms with Crippen LogP contribution in [0.4, 0.5) is 4.79 Å². The zero-order valence-electron chi connectivity index (χ0n) is 20.2. The van der Waals surface area contributed by atoms with E-state index in [2.05, 4.69) is 54.8 Å². The van der Waals surface area contributed by atoms with E-state index in [0.717, 1.165) is 19.3 Å². The molecule has 0 aliphatic heterocycles. The fraction of sp³-hybridized carbons (Fsp3) is 0.615. The number of esters is 1. The van der Waals surface area contributed by atoms with Crippen LogP contribution in [0.25, 0.3) is 0 Å². The summed E-state index contributed by atoms with van der Waals surface area (Å²) in [7, 11) is 1.31. The lowest BCUT2D eigenvalue weighted by Gasteiger charge is -2.22. The lowest BCUT2D eigenvalue weighted by Crippen LogP contribution is -2.43. The van der Waals surface area contributed by atoms with Gasteiger partial charge in [-0.2, -0.15) is 0 Å². The van der Waals surface area contributed by atoms with Gasteiger partial charge in [-0.05, 0) is 65.7 Å². The Labute approximate surface area is 189 Å². The maximum atomic E-state index is 11.9. The Morgan fingerprint density at radius 3 is 1.84 bits per heavy atom. The number of hydrogen-bond donors (Lipinski definition) is 1. The Bertz CT molecular complexity index is 597. The smallest absolute Gasteiger partial charge is 0.408 e. The number of allylic oxidation sites excluding steroid dienone is 8. The Hall–Kier alpha value is -2.30. The van der Waals surface area contributed by atoms with E-state index < -0.39 is 23.7 Å².